The van der Waals surface area contributed by atoms with E-state index in [0.29, 0.717) is 4.90 Å². The monoisotopic (exact) mass is 249 g/mol. The van der Waals surface area contributed by atoms with Crippen LogP contribution in [0.1, 0.15) is 18.5 Å². The number of hydrogen-bond acceptors (Lipinski definition) is 3. The van der Waals surface area contributed by atoms with Crippen LogP contribution in [0.4, 0.5) is 13.2 Å². The maximum absolute atomic E-state index is 12.4. The molecular formula is C10H10F3NOS. The summed E-state index contributed by atoms with van der Waals surface area (Å²) in [5, 5.41) is 0. The van der Waals surface area contributed by atoms with E-state index in [2.05, 4.69) is 4.98 Å². The SMILES string of the molecule is CSc1cnc(C(F)(F)F)cc1OC1CC1. The second-order valence-corrected chi connectivity index (χ2v) is 4.38. The Morgan fingerprint density at radius 3 is 2.62 bits per heavy atom. The highest BCUT2D eigenvalue weighted by Gasteiger charge is 2.34. The van der Waals surface area contributed by atoms with Crippen molar-refractivity contribution in [2.24, 2.45) is 0 Å². The zero-order chi connectivity index (χ0) is 11.8. The van der Waals surface area contributed by atoms with E-state index in [1.54, 1.807) is 6.26 Å². The average molecular weight is 249 g/mol. The Balaban J connectivity index is 2.29. The van der Waals surface area contributed by atoms with Gasteiger partial charge < -0.3 is 4.74 Å². The fraction of sp³-hybridized carbons (Fsp3) is 0.500. The number of hydrogen-bond donors (Lipinski definition) is 0. The molecule has 6 heteroatoms. The van der Waals surface area contributed by atoms with Crippen LogP contribution in [0.5, 0.6) is 5.75 Å². The second-order valence-electron chi connectivity index (χ2n) is 3.54. The fourth-order valence-electron chi connectivity index (χ4n) is 1.19. The normalized spacial score (nSPS) is 16.2. The van der Waals surface area contributed by atoms with Crippen LogP contribution in [0.3, 0.4) is 0 Å². The summed E-state index contributed by atoms with van der Waals surface area (Å²) in [4.78, 5) is 4.02. The van der Waals surface area contributed by atoms with Crippen molar-refractivity contribution in [1.29, 1.82) is 0 Å². The number of nitrogens with zero attached hydrogens (tertiary/aromatic N) is 1. The first-order valence-corrected chi connectivity index (χ1v) is 6.01. The second kappa shape index (κ2) is 4.16. The van der Waals surface area contributed by atoms with Crippen molar-refractivity contribution in [3.63, 3.8) is 0 Å². The summed E-state index contributed by atoms with van der Waals surface area (Å²) in [7, 11) is 0. The molecule has 0 N–H and O–H groups in total. The van der Waals surface area contributed by atoms with Gasteiger partial charge in [0, 0.05) is 12.3 Å². The highest BCUT2D eigenvalue weighted by molar-refractivity contribution is 7.98. The van der Waals surface area contributed by atoms with Crippen LogP contribution in [-0.4, -0.2) is 17.3 Å². The van der Waals surface area contributed by atoms with Crippen LogP contribution in [0.2, 0.25) is 0 Å². The number of alkyl halides is 3. The molecule has 0 spiro atoms. The Hall–Kier alpha value is -0.910. The molecule has 0 aliphatic heterocycles. The third kappa shape index (κ3) is 2.61. The number of pyridine rings is 1. The van der Waals surface area contributed by atoms with Crippen molar-refractivity contribution >= 4 is 11.8 Å². The van der Waals surface area contributed by atoms with Gasteiger partial charge in [-0.3, -0.25) is 4.98 Å². The van der Waals surface area contributed by atoms with Gasteiger partial charge in [0.2, 0.25) is 0 Å². The number of thioether (sulfide) groups is 1. The number of halogens is 3. The van der Waals surface area contributed by atoms with Gasteiger partial charge in [0.05, 0.1) is 11.0 Å². The van der Waals surface area contributed by atoms with E-state index in [4.69, 9.17) is 4.74 Å². The summed E-state index contributed by atoms with van der Waals surface area (Å²) >= 11 is 1.33. The van der Waals surface area contributed by atoms with Crippen molar-refractivity contribution in [2.45, 2.75) is 30.0 Å². The van der Waals surface area contributed by atoms with E-state index >= 15 is 0 Å². The summed E-state index contributed by atoms with van der Waals surface area (Å²) in [5.41, 5.74) is -0.902. The molecule has 0 atom stereocenters. The van der Waals surface area contributed by atoms with E-state index in [1.165, 1.54) is 18.0 Å². The maximum Gasteiger partial charge on any atom is 0.433 e. The Morgan fingerprint density at radius 2 is 2.12 bits per heavy atom. The first-order chi connectivity index (χ1) is 7.50. The average Bonchev–Trinajstić information content (AvgIpc) is 3.00. The van der Waals surface area contributed by atoms with E-state index in [1.807, 2.05) is 0 Å². The minimum atomic E-state index is -4.42. The first kappa shape index (κ1) is 11.6. The van der Waals surface area contributed by atoms with Crippen molar-refractivity contribution in [1.82, 2.24) is 4.98 Å². The Morgan fingerprint density at radius 1 is 1.44 bits per heavy atom. The lowest BCUT2D eigenvalue weighted by molar-refractivity contribution is -0.141. The Kier molecular flexibility index (Phi) is 3.01. The van der Waals surface area contributed by atoms with Gasteiger partial charge in [-0.05, 0) is 19.1 Å². The zero-order valence-corrected chi connectivity index (χ0v) is 9.36. The van der Waals surface area contributed by atoms with E-state index < -0.39 is 11.9 Å². The van der Waals surface area contributed by atoms with Gasteiger partial charge in [0.1, 0.15) is 11.4 Å². The van der Waals surface area contributed by atoms with Crippen LogP contribution in [-0.2, 0) is 6.18 Å². The highest BCUT2D eigenvalue weighted by atomic mass is 32.2. The van der Waals surface area contributed by atoms with Gasteiger partial charge in [-0.15, -0.1) is 11.8 Å². The minimum Gasteiger partial charge on any atom is -0.489 e. The van der Waals surface area contributed by atoms with Crippen molar-refractivity contribution in [3.8, 4) is 5.75 Å². The van der Waals surface area contributed by atoms with Crippen LogP contribution < -0.4 is 4.74 Å². The van der Waals surface area contributed by atoms with Crippen LogP contribution in [0.15, 0.2) is 17.2 Å². The van der Waals surface area contributed by atoms with Gasteiger partial charge in [-0.1, -0.05) is 0 Å². The molecular weight excluding hydrogens is 239 g/mol. The third-order valence-corrected chi connectivity index (χ3v) is 2.91. The predicted molar refractivity (Wildman–Crippen MR) is 54.7 cm³/mol. The van der Waals surface area contributed by atoms with Gasteiger partial charge in [0.15, 0.2) is 0 Å². The molecule has 2 rings (SSSR count). The molecule has 0 unspecified atom stereocenters. The van der Waals surface area contributed by atoms with Gasteiger partial charge >= 0.3 is 6.18 Å². The van der Waals surface area contributed by atoms with Crippen LogP contribution in [0.25, 0.3) is 0 Å². The molecule has 1 aliphatic rings. The van der Waals surface area contributed by atoms with E-state index in [0.717, 1.165) is 18.9 Å². The largest absolute Gasteiger partial charge is 0.489 e. The Labute approximate surface area is 95.2 Å². The van der Waals surface area contributed by atoms with E-state index in [9.17, 15) is 13.2 Å². The summed E-state index contributed by atoms with van der Waals surface area (Å²) < 4.78 is 42.7. The molecule has 1 saturated carbocycles. The maximum atomic E-state index is 12.4. The summed E-state index contributed by atoms with van der Waals surface area (Å²) in [6.45, 7) is 0. The lowest BCUT2D eigenvalue weighted by Crippen LogP contribution is -2.09. The number of aromatic nitrogens is 1. The molecule has 0 aromatic carbocycles. The van der Waals surface area contributed by atoms with Crippen molar-refractivity contribution in [2.75, 3.05) is 6.26 Å². The van der Waals surface area contributed by atoms with Crippen LogP contribution >= 0.6 is 11.8 Å². The summed E-state index contributed by atoms with van der Waals surface area (Å²) in [6, 6.07) is 0.976. The van der Waals surface area contributed by atoms with Crippen molar-refractivity contribution < 1.29 is 17.9 Å². The smallest absolute Gasteiger partial charge is 0.433 e. The number of ether oxygens (including phenoxy) is 1. The molecule has 1 fully saturated rings. The van der Waals surface area contributed by atoms with Crippen molar-refractivity contribution in [3.05, 3.63) is 18.0 Å². The fourth-order valence-corrected chi connectivity index (χ4v) is 1.66. The van der Waals surface area contributed by atoms with E-state index in [-0.39, 0.29) is 11.9 Å². The Bertz CT molecular complexity index is 390. The quantitative estimate of drug-likeness (QED) is 0.767. The molecule has 1 aromatic rings. The summed E-state index contributed by atoms with van der Waals surface area (Å²) in [5.74, 6) is 0.289. The zero-order valence-electron chi connectivity index (χ0n) is 8.54. The van der Waals surface area contributed by atoms with Crippen LogP contribution in [0, 0.1) is 0 Å². The van der Waals surface area contributed by atoms with Gasteiger partial charge in [-0.2, -0.15) is 13.2 Å². The molecule has 0 amide bonds. The molecule has 0 saturated heterocycles. The summed E-state index contributed by atoms with van der Waals surface area (Å²) in [6.07, 6.45) is 0.484. The molecule has 0 radical (unpaired) electrons. The topological polar surface area (TPSA) is 22.1 Å². The highest BCUT2D eigenvalue weighted by Crippen LogP contribution is 2.37. The molecule has 0 bridgehead atoms. The predicted octanol–water partition coefficient (Wildman–Crippen LogP) is 3.36. The lowest BCUT2D eigenvalue weighted by atomic mass is 10.3. The molecule has 88 valence electrons. The third-order valence-electron chi connectivity index (χ3n) is 2.16. The first-order valence-electron chi connectivity index (χ1n) is 4.78. The minimum absolute atomic E-state index is 0.0781. The lowest BCUT2D eigenvalue weighted by Gasteiger charge is -2.12. The van der Waals surface area contributed by atoms with Gasteiger partial charge in [-0.25, -0.2) is 0 Å². The molecule has 1 heterocycles. The molecule has 2 nitrogen and oxygen atoms in total. The number of rotatable bonds is 3. The molecule has 1 aliphatic carbocycles. The molecule has 1 aromatic heterocycles. The van der Waals surface area contributed by atoms with Gasteiger partial charge in [0.25, 0.3) is 0 Å². The molecule has 16 heavy (non-hydrogen) atoms. The standard InChI is InChI=1S/C10H10F3NOS/c1-16-8-5-14-9(10(11,12)13)4-7(8)15-6-2-3-6/h4-6H,2-3H2,1H3.